The summed E-state index contributed by atoms with van der Waals surface area (Å²) in [5.74, 6) is -5.88. The van der Waals surface area contributed by atoms with Gasteiger partial charge in [0.05, 0.1) is 11.2 Å². The van der Waals surface area contributed by atoms with E-state index in [-0.39, 0.29) is 17.7 Å². The van der Waals surface area contributed by atoms with Gasteiger partial charge in [0.25, 0.3) is 11.5 Å². The molecule has 3 N–H and O–H groups in total. The lowest BCUT2D eigenvalue weighted by atomic mass is 9.96. The first-order valence-corrected chi connectivity index (χ1v) is 14.5. The van der Waals surface area contributed by atoms with Gasteiger partial charge in [0, 0.05) is 42.0 Å². The Morgan fingerprint density at radius 3 is 2.28 bits per heavy atom. The summed E-state index contributed by atoms with van der Waals surface area (Å²) >= 11 is 0. The molecule has 0 saturated carbocycles. The van der Waals surface area contributed by atoms with Crippen LogP contribution >= 0.6 is 0 Å². The average molecular weight is 646 g/mol. The van der Waals surface area contributed by atoms with Gasteiger partial charge in [-0.25, -0.2) is 18.6 Å². The van der Waals surface area contributed by atoms with Gasteiger partial charge in [0.15, 0.2) is 0 Å². The third-order valence-corrected chi connectivity index (χ3v) is 7.72. The summed E-state index contributed by atoms with van der Waals surface area (Å²) in [6.07, 6.45) is -2.75. The molecular weight excluding hydrogens is 613 g/mol. The molecule has 2 heterocycles. The van der Waals surface area contributed by atoms with Crippen molar-refractivity contribution < 1.29 is 36.6 Å². The number of nitrogens with one attached hydrogen (secondary N) is 2. The molecule has 0 fully saturated rings. The maximum atomic E-state index is 14.9. The van der Waals surface area contributed by atoms with E-state index in [0.717, 1.165) is 11.4 Å². The zero-order valence-corrected chi connectivity index (χ0v) is 25.4. The molecule has 1 amide bonds. The highest BCUT2D eigenvalue weighted by atomic mass is 19.4. The van der Waals surface area contributed by atoms with Crippen molar-refractivity contribution in [3.05, 3.63) is 87.1 Å². The Kier molecular flexibility index (Phi) is 10.1. The zero-order chi connectivity index (χ0) is 33.9. The fourth-order valence-corrected chi connectivity index (χ4v) is 5.36. The van der Waals surface area contributed by atoms with Crippen molar-refractivity contribution >= 4 is 28.5 Å². The molecule has 0 aliphatic heterocycles. The molecule has 2 aromatic carbocycles. The summed E-state index contributed by atoms with van der Waals surface area (Å²) in [7, 11) is 1.66. The highest BCUT2D eigenvalue weighted by molar-refractivity contribution is 5.98. The van der Waals surface area contributed by atoms with E-state index in [9.17, 15) is 41.4 Å². The van der Waals surface area contributed by atoms with Crippen LogP contribution in [0.2, 0.25) is 0 Å². The van der Waals surface area contributed by atoms with Crippen LogP contribution in [0.5, 0.6) is 0 Å². The van der Waals surface area contributed by atoms with E-state index < -0.39 is 59.4 Å². The molecule has 0 saturated heterocycles. The summed E-state index contributed by atoms with van der Waals surface area (Å²) in [6, 6.07) is 3.73. The first-order chi connectivity index (χ1) is 21.7. The van der Waals surface area contributed by atoms with Crippen LogP contribution in [0.15, 0.2) is 47.4 Å². The van der Waals surface area contributed by atoms with Crippen LogP contribution in [0, 0.1) is 11.6 Å². The number of carboxylic acid groups (broad SMARTS) is 1. The molecule has 4 rings (SSSR count). The molecule has 244 valence electrons. The number of nitrogens with zero attached hydrogens (tertiary/aromatic N) is 3. The Bertz CT molecular complexity index is 1830. The molecular formula is C32H32F5N5O4. The van der Waals surface area contributed by atoms with E-state index in [2.05, 4.69) is 15.3 Å². The van der Waals surface area contributed by atoms with Crippen molar-refractivity contribution in [3.8, 4) is 11.3 Å². The number of aromatic nitrogens is 3. The highest BCUT2D eigenvalue weighted by Gasteiger charge is 2.38. The van der Waals surface area contributed by atoms with E-state index in [1.54, 1.807) is 35.9 Å². The number of carboxylic acids is 1. The third kappa shape index (κ3) is 6.85. The number of aryl methyl sites for hydroxylation is 1. The number of fused-ring (bicyclic) bond motifs is 1. The minimum absolute atomic E-state index is 0.166. The smallest absolute Gasteiger partial charge is 0.408 e. The molecule has 0 spiro atoms. The molecule has 0 unspecified atom stereocenters. The lowest BCUT2D eigenvalue weighted by Crippen LogP contribution is -2.43. The summed E-state index contributed by atoms with van der Waals surface area (Å²) in [5.41, 5.74) is 0.864. The number of rotatable bonds is 11. The molecule has 0 radical (unpaired) electrons. The molecule has 9 nitrogen and oxygen atoms in total. The molecule has 46 heavy (non-hydrogen) atoms. The van der Waals surface area contributed by atoms with Crippen LogP contribution < -0.4 is 16.2 Å². The standard InChI is InChI=1S/C32H32F5N5O4/c1-5-22-24(6-2)42(4)30(44)28(40-22)19-11-10-16(18-9-8-12-38-27(18)19)13-23(31(45)46)41-29(43)26-20(33)14-17(15-21(26)34)39-25(7-3)32(35,36)37/h8-12,14-15,23,25,39H,5-7,13H2,1-4H3,(H,41,43)(H,45,46)/t23-,25+/m0/s1. The largest absolute Gasteiger partial charge is 0.480 e. The monoisotopic (exact) mass is 645 g/mol. The van der Waals surface area contributed by atoms with Crippen LogP contribution in [0.3, 0.4) is 0 Å². The lowest BCUT2D eigenvalue weighted by Gasteiger charge is -2.22. The maximum absolute atomic E-state index is 14.9. The van der Waals surface area contributed by atoms with Gasteiger partial charge in [-0.2, -0.15) is 13.2 Å². The van der Waals surface area contributed by atoms with E-state index in [4.69, 9.17) is 0 Å². The second-order valence-corrected chi connectivity index (χ2v) is 10.6. The van der Waals surface area contributed by atoms with E-state index in [1.165, 1.54) is 13.1 Å². The zero-order valence-electron chi connectivity index (χ0n) is 25.4. The number of carbonyl (C=O) groups is 2. The number of amides is 1. The summed E-state index contributed by atoms with van der Waals surface area (Å²) in [5, 5.41) is 14.5. The molecule has 2 aromatic heterocycles. The van der Waals surface area contributed by atoms with Gasteiger partial charge >= 0.3 is 12.1 Å². The van der Waals surface area contributed by atoms with Crippen LogP contribution in [0.25, 0.3) is 22.2 Å². The predicted octanol–water partition coefficient (Wildman–Crippen LogP) is 5.58. The first kappa shape index (κ1) is 34.0. The van der Waals surface area contributed by atoms with E-state index in [1.807, 2.05) is 19.2 Å². The Morgan fingerprint density at radius 2 is 1.72 bits per heavy atom. The van der Waals surface area contributed by atoms with Gasteiger partial charge in [0.2, 0.25) is 0 Å². The van der Waals surface area contributed by atoms with Crippen molar-refractivity contribution in [2.75, 3.05) is 5.32 Å². The number of pyridine rings is 1. The lowest BCUT2D eigenvalue weighted by molar-refractivity contribution is -0.143. The number of aliphatic carboxylic acids is 1. The van der Waals surface area contributed by atoms with Crippen molar-refractivity contribution in [2.24, 2.45) is 7.05 Å². The topological polar surface area (TPSA) is 126 Å². The predicted molar refractivity (Wildman–Crippen MR) is 162 cm³/mol. The van der Waals surface area contributed by atoms with Crippen LogP contribution in [0.4, 0.5) is 27.6 Å². The van der Waals surface area contributed by atoms with Gasteiger partial charge < -0.3 is 20.3 Å². The van der Waals surface area contributed by atoms with Gasteiger partial charge in [-0.15, -0.1) is 0 Å². The SMILES string of the molecule is CCc1nc(-c2ccc(C[C@H](NC(=O)c3c(F)cc(N[C@H](CC)C(F)(F)F)cc3F)C(=O)O)c3cccnc23)c(=O)n(C)c1CC. The number of anilines is 1. The molecule has 0 bridgehead atoms. The molecule has 2 atom stereocenters. The number of hydrogen-bond acceptors (Lipinski definition) is 6. The number of alkyl halides is 3. The number of carbonyl (C=O) groups excluding carboxylic acids is 1. The number of benzene rings is 2. The molecule has 0 aliphatic carbocycles. The highest BCUT2D eigenvalue weighted by Crippen LogP contribution is 2.30. The Balaban J connectivity index is 1.67. The molecule has 4 aromatic rings. The minimum Gasteiger partial charge on any atom is -0.480 e. The minimum atomic E-state index is -4.69. The fraction of sp³-hybridized carbons (Fsp3) is 0.344. The average Bonchev–Trinajstić information content (AvgIpc) is 3.00. The summed E-state index contributed by atoms with van der Waals surface area (Å²) < 4.78 is 70.6. The first-order valence-electron chi connectivity index (χ1n) is 14.5. The quantitative estimate of drug-likeness (QED) is 0.182. The second-order valence-electron chi connectivity index (χ2n) is 10.6. The van der Waals surface area contributed by atoms with Gasteiger partial charge in [-0.3, -0.25) is 14.6 Å². The van der Waals surface area contributed by atoms with Crippen molar-refractivity contribution in [1.82, 2.24) is 19.9 Å². The van der Waals surface area contributed by atoms with E-state index in [0.29, 0.717) is 47.0 Å². The van der Waals surface area contributed by atoms with Crippen LogP contribution in [0.1, 0.15) is 54.5 Å². The van der Waals surface area contributed by atoms with Crippen molar-refractivity contribution in [1.29, 1.82) is 0 Å². The fourth-order valence-electron chi connectivity index (χ4n) is 5.36. The van der Waals surface area contributed by atoms with Gasteiger partial charge in [0.1, 0.15) is 35.0 Å². The second kappa shape index (κ2) is 13.6. The normalized spacial score (nSPS) is 13.0. The summed E-state index contributed by atoms with van der Waals surface area (Å²) in [6.45, 7) is 5.09. The van der Waals surface area contributed by atoms with Crippen molar-refractivity contribution in [2.45, 2.75) is 64.7 Å². The van der Waals surface area contributed by atoms with Gasteiger partial charge in [-0.1, -0.05) is 39.0 Å². The maximum Gasteiger partial charge on any atom is 0.408 e. The van der Waals surface area contributed by atoms with Crippen molar-refractivity contribution in [3.63, 3.8) is 0 Å². The Morgan fingerprint density at radius 1 is 1.04 bits per heavy atom. The third-order valence-electron chi connectivity index (χ3n) is 7.72. The van der Waals surface area contributed by atoms with Gasteiger partial charge in [-0.05, 0) is 43.0 Å². The summed E-state index contributed by atoms with van der Waals surface area (Å²) in [4.78, 5) is 47.4. The van der Waals surface area contributed by atoms with Crippen LogP contribution in [-0.2, 0) is 31.1 Å². The number of halogens is 5. The number of hydrogen-bond donors (Lipinski definition) is 3. The van der Waals surface area contributed by atoms with E-state index >= 15 is 0 Å². The Labute approximate surface area is 260 Å². The molecule has 14 heteroatoms. The Hall–Kier alpha value is -4.88. The molecule has 0 aliphatic rings. The van der Waals surface area contributed by atoms with Crippen LogP contribution in [-0.4, -0.2) is 49.8 Å².